The van der Waals surface area contributed by atoms with E-state index in [9.17, 15) is 66.1 Å². The van der Waals surface area contributed by atoms with Gasteiger partial charge in [0.1, 0.15) is 44.2 Å². The van der Waals surface area contributed by atoms with Gasteiger partial charge in [-0.15, -0.1) is 11.3 Å². The van der Waals surface area contributed by atoms with Crippen molar-refractivity contribution in [3.63, 3.8) is 0 Å². The van der Waals surface area contributed by atoms with Gasteiger partial charge in [0.15, 0.2) is 5.13 Å². The van der Waals surface area contributed by atoms with E-state index in [-0.39, 0.29) is 74.0 Å². The van der Waals surface area contributed by atoms with Crippen molar-refractivity contribution in [3.05, 3.63) is 322 Å². The monoisotopic (exact) mass is 2010 g/mol. The van der Waals surface area contributed by atoms with Gasteiger partial charge in [0.2, 0.25) is 35.4 Å². The van der Waals surface area contributed by atoms with Crippen molar-refractivity contribution in [3.8, 4) is 11.5 Å². The molecule has 39 heteroatoms. The predicted octanol–water partition coefficient (Wildman–Crippen LogP) is 15.8. The van der Waals surface area contributed by atoms with Crippen LogP contribution >= 0.6 is 22.9 Å². The van der Waals surface area contributed by atoms with Crippen molar-refractivity contribution in [2.75, 3.05) is 124 Å². The number of aryl methyl sites for hydroxylation is 10. The maximum Gasteiger partial charge on any atom is 0.264 e. The lowest BCUT2D eigenvalue weighted by molar-refractivity contribution is -0.133. The van der Waals surface area contributed by atoms with E-state index in [0.29, 0.717) is 95.8 Å². The first kappa shape index (κ1) is 105. The molecule has 2 fully saturated rings. The molecular weight excluding hydrogens is 1900 g/mol. The summed E-state index contributed by atoms with van der Waals surface area (Å²) in [5, 5.41) is 15.5. The van der Waals surface area contributed by atoms with Gasteiger partial charge in [-0.1, -0.05) is 145 Å². The van der Waals surface area contributed by atoms with Crippen molar-refractivity contribution in [1.82, 2.24) is 24.3 Å². The van der Waals surface area contributed by atoms with Gasteiger partial charge in [0, 0.05) is 55.3 Å². The molecule has 32 nitrogen and oxygen atoms in total. The van der Waals surface area contributed by atoms with Crippen LogP contribution in [0.4, 0.5) is 45.1 Å². The third kappa shape index (κ3) is 27.4. The van der Waals surface area contributed by atoms with Gasteiger partial charge in [-0.2, -0.15) is 4.37 Å². The van der Waals surface area contributed by atoms with Crippen LogP contribution in [-0.4, -0.2) is 182 Å². The highest BCUT2D eigenvalue weighted by atomic mass is 32.2. The quantitative estimate of drug-likeness (QED) is 0.0376. The fourth-order valence-corrected chi connectivity index (χ4v) is 22.9. The van der Waals surface area contributed by atoms with Gasteiger partial charge in [-0.25, -0.2) is 47.1 Å². The Labute approximate surface area is 814 Å². The third-order valence-electron chi connectivity index (χ3n) is 21.7. The van der Waals surface area contributed by atoms with Crippen LogP contribution in [0.25, 0.3) is 0 Å². The molecule has 2 saturated heterocycles. The van der Waals surface area contributed by atoms with Crippen LogP contribution in [0, 0.1) is 69.2 Å². The number of amides is 5. The first-order chi connectivity index (χ1) is 65.8. The largest absolute Gasteiger partial charge is 0.497 e. The Morgan fingerprint density at radius 3 is 1.07 bits per heavy atom. The van der Waals surface area contributed by atoms with E-state index >= 15 is 0 Å². The van der Waals surface area contributed by atoms with Crippen molar-refractivity contribution < 1.29 is 84.8 Å². The number of likely N-dealkylation sites (tertiary alicyclic amines) is 1. The van der Waals surface area contributed by atoms with E-state index in [1.54, 1.807) is 193 Å². The van der Waals surface area contributed by atoms with Crippen LogP contribution < -0.4 is 47.0 Å². The number of carbonyl (C=O) groups excluding carboxylic acids is 5. The summed E-state index contributed by atoms with van der Waals surface area (Å²) in [5.41, 5.74) is 10.8. The molecule has 5 amide bonds. The minimum Gasteiger partial charge on any atom is -0.497 e. The Hall–Kier alpha value is -13.7. The van der Waals surface area contributed by atoms with Crippen LogP contribution in [0.3, 0.4) is 0 Å². The Bertz CT molecular complexity index is 6980. The standard InChI is InChI=1S/C20H21N3O4S.C20H21N3O3S2.C20H24N2O5S.C20H24N2O4S.C19H19N3O3S2/c1-14-9-10-15(2)18(11-14)23(28(25,26)17-7-5-4-6-8-17)13-19(24)21-20-12-16(3)22-27-20;1-14-9-10-15(2)19(11-14)23(28(25,26)17-7-5-4-6-8-17)12-20(24)21-18-13-27-22-16(18)3;1-26-16-10-11-19(27-2)18(14-16)22(15-20(23)21-12-6-7-13-21)28(24,25)17-8-4-3-5-9-17;1-16-8-9-17(2)19(14-16)22(15-20(23)21-10-12-26-13-11-21)27(24,25)18-6-4-3-5-7-18;1-14-8-9-15(2)17(12-14)22(13-18(23)21-19-20-10-11-26-19)27(24,25)16-6-4-3-5-7-16/h4-12H,13H2,1-3H3,(H,21,24);4-11,13H,12H2,1-3H3,(H,21,24);3-5,8-11,14H,6-7,12-13,15H2,1-2H3;3-9,14H,10-13,15H2,1-2H3;3-12H,13H2,1-2H3,(H,20,21,23). The molecule has 0 aliphatic carbocycles. The van der Waals surface area contributed by atoms with E-state index in [0.717, 1.165) is 74.6 Å². The van der Waals surface area contributed by atoms with Crippen LogP contribution in [0.15, 0.2) is 295 Å². The number of aromatic nitrogens is 3. The lowest BCUT2D eigenvalue weighted by Crippen LogP contribution is -2.47. The molecule has 5 heterocycles. The zero-order valence-electron chi connectivity index (χ0n) is 78.2. The highest BCUT2D eigenvalue weighted by Crippen LogP contribution is 2.38. The van der Waals surface area contributed by atoms with E-state index in [1.165, 1.54) is 89.9 Å². The first-order valence-electron chi connectivity index (χ1n) is 43.5. The number of morpholine rings is 1. The number of methoxy groups -OCH3 is 2. The average Bonchev–Trinajstić information content (AvgIpc) is 1.41. The van der Waals surface area contributed by atoms with Crippen LogP contribution in [0.1, 0.15) is 68.7 Å². The van der Waals surface area contributed by atoms with Crippen LogP contribution in [0.2, 0.25) is 0 Å². The number of nitrogens with zero attached hydrogens (tertiary/aromatic N) is 10. The van der Waals surface area contributed by atoms with E-state index in [1.807, 2.05) is 103 Å². The second-order valence-electron chi connectivity index (χ2n) is 32.0. The summed E-state index contributed by atoms with van der Waals surface area (Å²) in [4.78, 5) is 71.4. The third-order valence-corrected chi connectivity index (χ3v) is 32.0. The number of anilines is 8. The first-order valence-corrected chi connectivity index (χ1v) is 52.4. The smallest absolute Gasteiger partial charge is 0.264 e. The SMILES string of the molecule is COc1ccc(OC)c(N(CC(=O)N2CCCC2)S(=O)(=O)c2ccccc2)c1.Cc1ccc(C)c(N(CC(=O)N2CCOCC2)S(=O)(=O)c2ccccc2)c1.Cc1ccc(C)c(N(CC(=O)Nc2cc(C)no2)S(=O)(=O)c2ccccc2)c1.Cc1ccc(C)c(N(CC(=O)Nc2csnc2C)S(=O)(=O)c2ccccc2)c1.Cc1ccc(C)c(N(CC(=O)Nc2nccs2)S(=O)(=O)c2ccccc2)c1. The van der Waals surface area contributed by atoms with E-state index in [2.05, 4.69) is 30.5 Å². The van der Waals surface area contributed by atoms with Gasteiger partial charge < -0.3 is 39.2 Å². The molecule has 0 atom stereocenters. The van der Waals surface area contributed by atoms with Gasteiger partial charge in [0.05, 0.1) is 97.4 Å². The minimum atomic E-state index is -3.99. The maximum atomic E-state index is 13.4. The fourth-order valence-electron chi connectivity index (χ4n) is 14.3. The average molecular weight is 2010 g/mol. The number of hydrogen-bond donors (Lipinski definition) is 3. The Morgan fingerprint density at radius 2 is 0.739 bits per heavy atom. The Morgan fingerprint density at radius 1 is 0.391 bits per heavy atom. The maximum absolute atomic E-state index is 13.4. The fraction of sp³-hybridized carbons (Fsp3) is 0.253. The lowest BCUT2D eigenvalue weighted by atomic mass is 10.1. The zero-order chi connectivity index (χ0) is 99.7. The van der Waals surface area contributed by atoms with Crippen LogP contribution in [-0.2, 0) is 78.8 Å². The van der Waals surface area contributed by atoms with Gasteiger partial charge in [-0.3, -0.25) is 50.8 Å². The van der Waals surface area contributed by atoms with Gasteiger partial charge >= 0.3 is 0 Å². The van der Waals surface area contributed by atoms with Gasteiger partial charge in [-0.05, 0) is 235 Å². The number of nitrogens with one attached hydrogen (secondary N) is 3. The molecule has 0 bridgehead atoms. The molecule has 3 aromatic heterocycles. The summed E-state index contributed by atoms with van der Waals surface area (Å²) in [6.07, 6.45) is 3.43. The molecule has 0 unspecified atom stereocenters. The molecule has 2 aliphatic rings. The number of thiazole rings is 1. The number of rotatable bonds is 30. The lowest BCUT2D eigenvalue weighted by Gasteiger charge is -2.31. The molecule has 2 aliphatic heterocycles. The molecular formula is C99H109N13O19S7. The molecule has 138 heavy (non-hydrogen) atoms. The van der Waals surface area contributed by atoms with Crippen molar-refractivity contribution in [2.45, 2.75) is 107 Å². The molecule has 3 N–H and O–H groups in total. The summed E-state index contributed by atoms with van der Waals surface area (Å²) in [7, 11) is -16.7. The number of benzene rings is 10. The minimum absolute atomic E-state index is 0.106. The molecule has 0 saturated carbocycles. The second-order valence-corrected chi connectivity index (χ2v) is 42.9. The van der Waals surface area contributed by atoms with Gasteiger partial charge in [0.25, 0.3) is 50.1 Å². The number of sulfonamides is 5. The second kappa shape index (κ2) is 47.9. The normalized spacial score (nSPS) is 12.5. The Balaban J connectivity index is 0.000000165. The Kier molecular flexibility index (Phi) is 36.4. The molecule has 726 valence electrons. The van der Waals surface area contributed by atoms with E-state index < -0.39 is 74.4 Å². The number of carbonyl (C=O) groups is 5. The number of hydrogen-bond acceptors (Lipinski definition) is 24. The summed E-state index contributed by atoms with van der Waals surface area (Å²) in [6, 6.07) is 69.1. The van der Waals surface area contributed by atoms with Crippen molar-refractivity contribution >= 4 is 148 Å². The van der Waals surface area contributed by atoms with Crippen LogP contribution in [0.5, 0.6) is 11.5 Å². The van der Waals surface area contributed by atoms with Crippen molar-refractivity contribution in [1.29, 1.82) is 0 Å². The summed E-state index contributed by atoms with van der Waals surface area (Å²) in [5.74, 6) is -0.890. The summed E-state index contributed by atoms with van der Waals surface area (Å²) < 4.78 is 164. The van der Waals surface area contributed by atoms with Crippen molar-refractivity contribution in [2.24, 2.45) is 0 Å². The molecule has 15 rings (SSSR count). The molecule has 0 radical (unpaired) electrons. The topological polar surface area (TPSA) is 394 Å². The molecule has 10 aromatic carbocycles. The molecule has 13 aromatic rings. The summed E-state index contributed by atoms with van der Waals surface area (Å²) >= 11 is 2.51. The van der Waals surface area contributed by atoms with E-state index in [4.69, 9.17) is 18.7 Å². The molecule has 0 spiro atoms. The summed E-state index contributed by atoms with van der Waals surface area (Å²) in [6.45, 7) is 19.9. The number of ether oxygens (including phenoxy) is 3. The highest BCUT2D eigenvalue weighted by molar-refractivity contribution is 7.94. The highest BCUT2D eigenvalue weighted by Gasteiger charge is 2.37. The zero-order valence-corrected chi connectivity index (χ0v) is 83.9. The predicted molar refractivity (Wildman–Crippen MR) is 537 cm³/mol.